The maximum Gasteiger partial charge on any atom is 0.287 e. The Morgan fingerprint density at radius 1 is 1.25 bits per heavy atom. The second-order valence-electron chi connectivity index (χ2n) is 9.35. The van der Waals surface area contributed by atoms with E-state index in [0.29, 0.717) is 30.7 Å². The summed E-state index contributed by atoms with van der Waals surface area (Å²) in [6, 6.07) is 6.20. The maximum absolute atomic E-state index is 12.1. The number of ether oxygens (including phenoxy) is 1. The Bertz CT molecular complexity index is 888. The van der Waals surface area contributed by atoms with Crippen molar-refractivity contribution >= 4 is 23.5 Å². The molecule has 1 amide bonds. The van der Waals surface area contributed by atoms with Crippen molar-refractivity contribution < 1.29 is 13.9 Å². The highest BCUT2D eigenvalue weighted by atomic mass is 32.2. The Morgan fingerprint density at radius 3 is 2.69 bits per heavy atom. The van der Waals surface area contributed by atoms with Crippen LogP contribution in [0, 0.1) is 0 Å². The minimum atomic E-state index is -0.235. The van der Waals surface area contributed by atoms with Crippen molar-refractivity contribution in [1.82, 2.24) is 15.3 Å². The van der Waals surface area contributed by atoms with Crippen LogP contribution in [0.25, 0.3) is 0 Å². The molecule has 1 saturated carbocycles. The van der Waals surface area contributed by atoms with Gasteiger partial charge < -0.3 is 19.4 Å². The monoisotopic (exact) mass is 460 g/mol. The number of nitrogens with zero attached hydrogens (tertiary/aromatic N) is 3. The van der Waals surface area contributed by atoms with Gasteiger partial charge in [-0.25, -0.2) is 9.97 Å². The van der Waals surface area contributed by atoms with Gasteiger partial charge in [-0.15, -0.1) is 0 Å². The zero-order valence-corrected chi connectivity index (χ0v) is 20.8. The SMILES string of the molecule is COCCNC(=O)c1ccc(CSc2nc(N(C)C3CCCCC3)cc(C(C)(C)C)n2)o1. The summed E-state index contributed by atoms with van der Waals surface area (Å²) in [6.07, 6.45) is 6.34. The molecule has 2 aromatic heterocycles. The molecule has 0 atom stereocenters. The first-order chi connectivity index (χ1) is 15.3. The lowest BCUT2D eigenvalue weighted by atomic mass is 9.91. The largest absolute Gasteiger partial charge is 0.455 e. The van der Waals surface area contributed by atoms with Crippen molar-refractivity contribution in [3.63, 3.8) is 0 Å². The fourth-order valence-corrected chi connectivity index (χ4v) is 4.51. The van der Waals surface area contributed by atoms with Gasteiger partial charge in [0.15, 0.2) is 10.9 Å². The zero-order valence-electron chi connectivity index (χ0n) is 19.9. The van der Waals surface area contributed by atoms with Gasteiger partial charge >= 0.3 is 0 Å². The highest BCUT2D eigenvalue weighted by molar-refractivity contribution is 7.98. The molecule has 32 heavy (non-hydrogen) atoms. The average molecular weight is 461 g/mol. The number of hydrogen-bond acceptors (Lipinski definition) is 7. The molecule has 0 radical (unpaired) electrons. The van der Waals surface area contributed by atoms with E-state index in [1.165, 1.54) is 43.9 Å². The summed E-state index contributed by atoms with van der Waals surface area (Å²) in [4.78, 5) is 24.2. The van der Waals surface area contributed by atoms with E-state index in [1.54, 1.807) is 13.2 Å². The number of methoxy groups -OCH3 is 1. The Labute approximate surface area is 195 Å². The van der Waals surface area contributed by atoms with Crippen molar-refractivity contribution in [3.05, 3.63) is 35.4 Å². The third-order valence-electron chi connectivity index (χ3n) is 5.77. The molecule has 3 rings (SSSR count). The molecule has 176 valence electrons. The predicted molar refractivity (Wildman–Crippen MR) is 128 cm³/mol. The van der Waals surface area contributed by atoms with Gasteiger partial charge in [0.05, 0.1) is 18.1 Å². The number of rotatable bonds is 9. The molecule has 0 spiro atoms. The van der Waals surface area contributed by atoms with Crippen molar-refractivity contribution in [2.45, 2.75) is 75.2 Å². The average Bonchev–Trinajstić information content (AvgIpc) is 3.26. The fraction of sp³-hybridized carbons (Fsp3) is 0.625. The number of furan rings is 1. The van der Waals surface area contributed by atoms with Crippen LogP contribution >= 0.6 is 11.8 Å². The number of nitrogens with one attached hydrogen (secondary N) is 1. The molecule has 0 aliphatic heterocycles. The molecule has 2 aromatic rings. The zero-order chi connectivity index (χ0) is 23.1. The smallest absolute Gasteiger partial charge is 0.287 e. The molecule has 8 heteroatoms. The Morgan fingerprint density at radius 2 is 2.00 bits per heavy atom. The first-order valence-electron chi connectivity index (χ1n) is 11.4. The Balaban J connectivity index is 1.71. The van der Waals surface area contributed by atoms with E-state index in [9.17, 15) is 4.79 Å². The van der Waals surface area contributed by atoms with E-state index in [4.69, 9.17) is 19.1 Å². The van der Waals surface area contributed by atoms with Crippen molar-refractivity contribution in [3.8, 4) is 0 Å². The molecule has 0 unspecified atom stereocenters. The molecule has 1 aliphatic rings. The molecule has 1 fully saturated rings. The molecule has 1 N–H and O–H groups in total. The van der Waals surface area contributed by atoms with Gasteiger partial charge in [-0.2, -0.15) is 0 Å². The summed E-state index contributed by atoms with van der Waals surface area (Å²) in [6.45, 7) is 7.44. The van der Waals surface area contributed by atoms with Crippen LogP contribution in [0.5, 0.6) is 0 Å². The summed E-state index contributed by atoms with van der Waals surface area (Å²) in [7, 11) is 3.75. The summed E-state index contributed by atoms with van der Waals surface area (Å²) in [5.41, 5.74) is 0.962. The van der Waals surface area contributed by atoms with Gasteiger partial charge in [-0.05, 0) is 25.0 Å². The van der Waals surface area contributed by atoms with E-state index >= 15 is 0 Å². The van der Waals surface area contributed by atoms with Crippen LogP contribution < -0.4 is 10.2 Å². The van der Waals surface area contributed by atoms with E-state index in [-0.39, 0.29) is 11.3 Å². The predicted octanol–water partition coefficient (Wildman–Crippen LogP) is 4.80. The lowest BCUT2D eigenvalue weighted by Gasteiger charge is -2.33. The van der Waals surface area contributed by atoms with Crippen molar-refractivity contribution in [1.29, 1.82) is 0 Å². The van der Waals surface area contributed by atoms with Gasteiger partial charge in [-0.1, -0.05) is 51.8 Å². The van der Waals surface area contributed by atoms with Crippen LogP contribution in [0.1, 0.15) is 74.9 Å². The number of thioether (sulfide) groups is 1. The molecule has 0 bridgehead atoms. The number of carbonyl (C=O) groups is 1. The van der Waals surface area contributed by atoms with Crippen molar-refractivity contribution in [2.75, 3.05) is 32.2 Å². The summed E-state index contributed by atoms with van der Waals surface area (Å²) in [5, 5.41) is 3.50. The first kappa shape index (κ1) is 24.6. The van der Waals surface area contributed by atoms with Crippen LogP contribution in [-0.4, -0.2) is 49.2 Å². The summed E-state index contributed by atoms with van der Waals surface area (Å²) < 4.78 is 10.7. The van der Waals surface area contributed by atoms with Crippen LogP contribution in [0.4, 0.5) is 5.82 Å². The quantitative estimate of drug-likeness (QED) is 0.327. The van der Waals surface area contributed by atoms with E-state index < -0.39 is 0 Å². The number of hydrogen-bond donors (Lipinski definition) is 1. The highest BCUT2D eigenvalue weighted by Crippen LogP contribution is 2.31. The van der Waals surface area contributed by atoms with Gasteiger partial charge in [0.2, 0.25) is 0 Å². The van der Waals surface area contributed by atoms with Gasteiger partial charge in [-0.3, -0.25) is 4.79 Å². The van der Waals surface area contributed by atoms with E-state index in [2.05, 4.69) is 44.1 Å². The summed E-state index contributed by atoms with van der Waals surface area (Å²) in [5.74, 6) is 2.33. The summed E-state index contributed by atoms with van der Waals surface area (Å²) >= 11 is 1.53. The molecule has 7 nitrogen and oxygen atoms in total. The van der Waals surface area contributed by atoms with Crippen molar-refractivity contribution in [2.24, 2.45) is 0 Å². The molecule has 2 heterocycles. The van der Waals surface area contributed by atoms with Crippen LogP contribution in [0.3, 0.4) is 0 Å². The second-order valence-corrected chi connectivity index (χ2v) is 10.3. The van der Waals surface area contributed by atoms with Gasteiger partial charge in [0.25, 0.3) is 5.91 Å². The first-order valence-corrected chi connectivity index (χ1v) is 12.4. The second kappa shape index (κ2) is 11.2. The fourth-order valence-electron chi connectivity index (χ4n) is 3.76. The van der Waals surface area contributed by atoms with E-state index in [0.717, 1.165) is 22.4 Å². The molecule has 1 aliphatic carbocycles. The number of amides is 1. The number of aromatic nitrogens is 2. The minimum absolute atomic E-state index is 0.0709. The van der Waals surface area contributed by atoms with Crippen LogP contribution in [-0.2, 0) is 15.9 Å². The lowest BCUT2D eigenvalue weighted by molar-refractivity contribution is 0.0908. The van der Waals surface area contributed by atoms with Crippen LogP contribution in [0.2, 0.25) is 0 Å². The Kier molecular flexibility index (Phi) is 8.59. The topological polar surface area (TPSA) is 80.5 Å². The molecular formula is C24H36N4O3S. The highest BCUT2D eigenvalue weighted by Gasteiger charge is 2.23. The van der Waals surface area contributed by atoms with E-state index in [1.807, 2.05) is 6.07 Å². The molecule has 0 saturated heterocycles. The third-order valence-corrected chi connectivity index (χ3v) is 6.63. The normalized spacial score (nSPS) is 15.0. The Hall–Kier alpha value is -2.06. The standard InChI is InChI=1S/C24H36N4O3S/c1-24(2,3)20-15-21(28(4)17-9-7-6-8-10-17)27-23(26-20)32-16-18-11-12-19(31-18)22(29)25-13-14-30-5/h11-12,15,17H,6-10,13-14,16H2,1-5H3,(H,25,29). The minimum Gasteiger partial charge on any atom is -0.455 e. The van der Waals surface area contributed by atoms with Crippen LogP contribution in [0.15, 0.2) is 27.8 Å². The van der Waals surface area contributed by atoms with Gasteiger partial charge in [0, 0.05) is 38.2 Å². The molecular weight excluding hydrogens is 424 g/mol. The number of carbonyl (C=O) groups excluding carboxylic acids is 1. The molecule has 0 aromatic carbocycles. The number of anilines is 1. The van der Waals surface area contributed by atoms with Gasteiger partial charge in [0.1, 0.15) is 11.6 Å². The maximum atomic E-state index is 12.1. The third kappa shape index (κ3) is 6.72. The lowest BCUT2D eigenvalue weighted by Crippen LogP contribution is -2.34.